The number of hydrogen-bond acceptors (Lipinski definition) is 4. The number of hydrogen-bond donors (Lipinski definition) is 2. The van der Waals surface area contributed by atoms with Gasteiger partial charge in [-0.3, -0.25) is 9.59 Å². The SMILES string of the molecule is O=C(COC(=O)Cc1ccccc1Nc1c(Cl)cccc1Cl)Nc1ccccc1. The van der Waals surface area contributed by atoms with Crippen LogP contribution in [0.15, 0.2) is 72.8 Å². The summed E-state index contributed by atoms with van der Waals surface area (Å²) in [5, 5.41) is 6.75. The van der Waals surface area contributed by atoms with Gasteiger partial charge in [-0.05, 0) is 35.9 Å². The van der Waals surface area contributed by atoms with Gasteiger partial charge in [0, 0.05) is 11.4 Å². The molecule has 0 aliphatic rings. The number of anilines is 3. The fourth-order valence-electron chi connectivity index (χ4n) is 2.62. The second-order valence-corrected chi connectivity index (χ2v) is 6.94. The zero-order valence-electron chi connectivity index (χ0n) is 15.3. The fraction of sp³-hybridized carbons (Fsp3) is 0.0909. The lowest BCUT2D eigenvalue weighted by Gasteiger charge is -2.14. The van der Waals surface area contributed by atoms with Gasteiger partial charge in [-0.2, -0.15) is 0 Å². The van der Waals surface area contributed by atoms with Crippen LogP contribution < -0.4 is 10.6 Å². The van der Waals surface area contributed by atoms with Gasteiger partial charge in [0.15, 0.2) is 6.61 Å². The van der Waals surface area contributed by atoms with Crippen molar-refractivity contribution < 1.29 is 14.3 Å². The summed E-state index contributed by atoms with van der Waals surface area (Å²) in [6, 6.07) is 21.4. The van der Waals surface area contributed by atoms with Crippen molar-refractivity contribution in [1.29, 1.82) is 0 Å². The van der Waals surface area contributed by atoms with E-state index in [1.165, 1.54) is 0 Å². The minimum Gasteiger partial charge on any atom is -0.455 e. The van der Waals surface area contributed by atoms with Gasteiger partial charge in [0.25, 0.3) is 5.91 Å². The maximum atomic E-state index is 12.2. The maximum absolute atomic E-state index is 12.2. The van der Waals surface area contributed by atoms with Gasteiger partial charge in [-0.15, -0.1) is 0 Å². The lowest BCUT2D eigenvalue weighted by molar-refractivity contribution is -0.146. The standard InChI is InChI=1S/C22H18Cl2N2O3/c23-17-10-6-11-18(24)22(17)26-19-12-5-4-7-15(19)13-21(28)29-14-20(27)25-16-8-2-1-3-9-16/h1-12,26H,13-14H2,(H,25,27). The van der Waals surface area contributed by atoms with E-state index in [9.17, 15) is 9.59 Å². The fourth-order valence-corrected chi connectivity index (χ4v) is 3.11. The molecule has 5 nitrogen and oxygen atoms in total. The van der Waals surface area contributed by atoms with Gasteiger partial charge in [-0.25, -0.2) is 0 Å². The number of ether oxygens (including phenoxy) is 1. The topological polar surface area (TPSA) is 67.4 Å². The molecule has 0 saturated carbocycles. The predicted molar refractivity (Wildman–Crippen MR) is 116 cm³/mol. The lowest BCUT2D eigenvalue weighted by atomic mass is 10.1. The van der Waals surface area contributed by atoms with Gasteiger partial charge in [0.05, 0.1) is 22.2 Å². The highest BCUT2D eigenvalue weighted by atomic mass is 35.5. The highest BCUT2D eigenvalue weighted by molar-refractivity contribution is 6.39. The minimum absolute atomic E-state index is 0.0101. The number of nitrogens with one attached hydrogen (secondary N) is 2. The summed E-state index contributed by atoms with van der Waals surface area (Å²) in [6.07, 6.45) is -0.0101. The number of carbonyl (C=O) groups excluding carboxylic acids is 2. The predicted octanol–water partition coefficient (Wildman–Crippen LogP) is 5.46. The highest BCUT2D eigenvalue weighted by Gasteiger charge is 2.13. The van der Waals surface area contributed by atoms with E-state index in [0.29, 0.717) is 32.7 Å². The molecule has 3 rings (SSSR count). The van der Waals surface area contributed by atoms with E-state index in [4.69, 9.17) is 27.9 Å². The average molecular weight is 429 g/mol. The summed E-state index contributed by atoms with van der Waals surface area (Å²) < 4.78 is 5.10. The molecule has 3 aromatic carbocycles. The number of para-hydroxylation sites is 3. The molecule has 0 aromatic heterocycles. The summed E-state index contributed by atoms with van der Waals surface area (Å²) in [4.78, 5) is 24.1. The van der Waals surface area contributed by atoms with Gasteiger partial charge in [0.2, 0.25) is 0 Å². The molecule has 0 heterocycles. The summed E-state index contributed by atoms with van der Waals surface area (Å²) in [5.74, 6) is -0.925. The quantitative estimate of drug-likeness (QED) is 0.490. The van der Waals surface area contributed by atoms with Crippen LogP contribution in [-0.4, -0.2) is 18.5 Å². The van der Waals surface area contributed by atoms with Gasteiger partial charge in [0.1, 0.15) is 0 Å². The molecule has 1 amide bonds. The number of carbonyl (C=O) groups is 2. The molecule has 0 unspecified atom stereocenters. The van der Waals surface area contributed by atoms with Crippen LogP contribution in [0.2, 0.25) is 10.0 Å². The van der Waals surface area contributed by atoms with Crippen LogP contribution in [0.5, 0.6) is 0 Å². The van der Waals surface area contributed by atoms with Crippen LogP contribution in [0.3, 0.4) is 0 Å². The molecule has 3 aromatic rings. The third kappa shape index (κ3) is 5.98. The van der Waals surface area contributed by atoms with E-state index in [2.05, 4.69) is 10.6 Å². The summed E-state index contributed by atoms with van der Waals surface area (Å²) in [5.41, 5.74) is 2.56. The van der Waals surface area contributed by atoms with Crippen molar-refractivity contribution in [1.82, 2.24) is 0 Å². The van der Waals surface area contributed by atoms with Crippen LogP contribution in [0.4, 0.5) is 17.1 Å². The van der Waals surface area contributed by atoms with Gasteiger partial charge in [-0.1, -0.05) is 65.7 Å². The number of esters is 1. The molecule has 0 aliphatic carbocycles. The van der Waals surface area contributed by atoms with Crippen LogP contribution in [0, 0.1) is 0 Å². The summed E-state index contributed by atoms with van der Waals surface area (Å²) >= 11 is 12.4. The molecule has 7 heteroatoms. The second kappa shape index (κ2) is 9.96. The molecule has 2 N–H and O–H groups in total. The Bertz CT molecular complexity index is 990. The molecule has 0 radical (unpaired) electrons. The van der Waals surface area contributed by atoms with Crippen LogP contribution in [0.25, 0.3) is 0 Å². The second-order valence-electron chi connectivity index (χ2n) is 6.13. The van der Waals surface area contributed by atoms with E-state index in [1.54, 1.807) is 48.5 Å². The first-order chi connectivity index (χ1) is 14.0. The van der Waals surface area contributed by atoms with Crippen LogP contribution in [-0.2, 0) is 20.7 Å². The minimum atomic E-state index is -0.521. The highest BCUT2D eigenvalue weighted by Crippen LogP contribution is 2.33. The normalized spacial score (nSPS) is 10.3. The number of halogens is 2. The molecule has 0 atom stereocenters. The Hall–Kier alpha value is -3.02. The molecular formula is C22H18Cl2N2O3. The monoisotopic (exact) mass is 428 g/mol. The Morgan fingerprint density at radius 3 is 2.21 bits per heavy atom. The Labute approximate surface area is 178 Å². The molecule has 0 spiro atoms. The first-order valence-corrected chi connectivity index (χ1v) is 9.58. The van der Waals surface area contributed by atoms with Crippen LogP contribution >= 0.6 is 23.2 Å². The molecule has 0 bridgehead atoms. The van der Waals surface area contributed by atoms with E-state index >= 15 is 0 Å². The van der Waals surface area contributed by atoms with Crippen molar-refractivity contribution in [3.05, 3.63) is 88.4 Å². The van der Waals surface area contributed by atoms with Crippen molar-refractivity contribution in [2.75, 3.05) is 17.2 Å². The Morgan fingerprint density at radius 2 is 1.48 bits per heavy atom. The Kier molecular flexibility index (Phi) is 7.11. The number of rotatable bonds is 7. The molecule has 0 fully saturated rings. The number of amides is 1. The third-order valence-corrected chi connectivity index (χ3v) is 4.63. The summed E-state index contributed by atoms with van der Waals surface area (Å²) in [6.45, 7) is -0.361. The van der Waals surface area contributed by atoms with Crippen molar-refractivity contribution >= 4 is 52.1 Å². The molecular weight excluding hydrogens is 411 g/mol. The first-order valence-electron chi connectivity index (χ1n) is 8.82. The van der Waals surface area contributed by atoms with Crippen molar-refractivity contribution in [2.24, 2.45) is 0 Å². The summed E-state index contributed by atoms with van der Waals surface area (Å²) in [7, 11) is 0. The van der Waals surface area contributed by atoms with E-state index in [-0.39, 0.29) is 13.0 Å². The smallest absolute Gasteiger partial charge is 0.310 e. The van der Waals surface area contributed by atoms with E-state index in [1.807, 2.05) is 24.3 Å². The van der Waals surface area contributed by atoms with Gasteiger partial charge < -0.3 is 15.4 Å². The van der Waals surface area contributed by atoms with Gasteiger partial charge >= 0.3 is 5.97 Å². The lowest BCUT2D eigenvalue weighted by Crippen LogP contribution is -2.21. The van der Waals surface area contributed by atoms with E-state index < -0.39 is 11.9 Å². The molecule has 148 valence electrons. The maximum Gasteiger partial charge on any atom is 0.310 e. The molecule has 0 saturated heterocycles. The van der Waals surface area contributed by atoms with E-state index in [0.717, 1.165) is 0 Å². The number of benzene rings is 3. The zero-order valence-corrected chi connectivity index (χ0v) is 16.8. The van der Waals surface area contributed by atoms with Crippen LogP contribution in [0.1, 0.15) is 5.56 Å². The third-order valence-electron chi connectivity index (χ3n) is 4.00. The zero-order chi connectivity index (χ0) is 20.6. The first kappa shape index (κ1) is 20.7. The Balaban J connectivity index is 1.60. The average Bonchev–Trinajstić information content (AvgIpc) is 2.71. The largest absolute Gasteiger partial charge is 0.455 e. The van der Waals surface area contributed by atoms with Crippen molar-refractivity contribution in [3.63, 3.8) is 0 Å². The molecule has 0 aliphatic heterocycles. The molecule has 29 heavy (non-hydrogen) atoms. The van der Waals surface area contributed by atoms with Crippen molar-refractivity contribution in [3.8, 4) is 0 Å². The van der Waals surface area contributed by atoms with Crippen molar-refractivity contribution in [2.45, 2.75) is 6.42 Å². The Morgan fingerprint density at radius 1 is 0.828 bits per heavy atom.